The molecule has 1 saturated carbocycles. The maximum Gasteiger partial charge on any atom is 0.244 e. The second-order valence-electron chi connectivity index (χ2n) is 5.59. The van der Waals surface area contributed by atoms with E-state index in [0.717, 1.165) is 6.42 Å². The minimum absolute atomic E-state index is 0.00253. The van der Waals surface area contributed by atoms with Gasteiger partial charge in [0.05, 0.1) is 0 Å². The highest BCUT2D eigenvalue weighted by molar-refractivity contribution is 7.89. The second kappa shape index (κ2) is 4.08. The highest BCUT2D eigenvalue weighted by Gasteiger charge is 2.48. The van der Waals surface area contributed by atoms with Gasteiger partial charge in [-0.25, -0.2) is 13.1 Å². The van der Waals surface area contributed by atoms with E-state index in [9.17, 15) is 8.42 Å². The van der Waals surface area contributed by atoms with Crippen molar-refractivity contribution in [2.45, 2.75) is 51.6 Å². The van der Waals surface area contributed by atoms with Crippen molar-refractivity contribution in [3.8, 4) is 0 Å². The quantitative estimate of drug-likeness (QED) is 0.868. The number of hydrogen-bond donors (Lipinski definition) is 2. The SMILES string of the molecule is Cc1oc(C)c(S(=O)(=O)NC2CC2(C)C)c1CN. The van der Waals surface area contributed by atoms with Crippen molar-refractivity contribution in [2.24, 2.45) is 11.1 Å². The molecule has 18 heavy (non-hydrogen) atoms. The van der Waals surface area contributed by atoms with Crippen molar-refractivity contribution in [3.05, 3.63) is 17.1 Å². The summed E-state index contributed by atoms with van der Waals surface area (Å²) < 4.78 is 32.8. The van der Waals surface area contributed by atoms with Gasteiger partial charge in [0.25, 0.3) is 0 Å². The smallest absolute Gasteiger partial charge is 0.244 e. The Bertz CT molecular complexity index is 572. The van der Waals surface area contributed by atoms with E-state index in [1.54, 1.807) is 13.8 Å². The Hall–Kier alpha value is -0.850. The molecule has 1 atom stereocenters. The van der Waals surface area contributed by atoms with Crippen molar-refractivity contribution in [3.63, 3.8) is 0 Å². The molecule has 1 aromatic heterocycles. The first-order chi connectivity index (χ1) is 8.19. The Morgan fingerprint density at radius 1 is 1.39 bits per heavy atom. The third kappa shape index (κ3) is 2.20. The maximum atomic E-state index is 12.4. The lowest BCUT2D eigenvalue weighted by Gasteiger charge is -2.09. The molecule has 1 aliphatic carbocycles. The number of aryl methyl sites for hydroxylation is 2. The molecule has 1 aromatic rings. The van der Waals surface area contributed by atoms with E-state index in [0.29, 0.717) is 17.1 Å². The summed E-state index contributed by atoms with van der Waals surface area (Å²) in [6.07, 6.45) is 0.861. The Labute approximate surface area is 108 Å². The maximum absolute atomic E-state index is 12.4. The van der Waals surface area contributed by atoms with E-state index in [1.807, 2.05) is 13.8 Å². The minimum Gasteiger partial charge on any atom is -0.465 e. The highest BCUT2D eigenvalue weighted by Crippen LogP contribution is 2.45. The molecule has 2 rings (SSSR count). The molecule has 0 aliphatic heterocycles. The van der Waals surface area contributed by atoms with Crippen molar-refractivity contribution < 1.29 is 12.8 Å². The van der Waals surface area contributed by atoms with Gasteiger partial charge in [0.2, 0.25) is 10.0 Å². The van der Waals surface area contributed by atoms with Crippen LogP contribution in [0, 0.1) is 19.3 Å². The third-order valence-electron chi connectivity index (χ3n) is 3.61. The van der Waals surface area contributed by atoms with E-state index in [-0.39, 0.29) is 22.9 Å². The minimum atomic E-state index is -3.54. The molecule has 6 heteroatoms. The van der Waals surface area contributed by atoms with Gasteiger partial charge in [0.15, 0.2) is 0 Å². The summed E-state index contributed by atoms with van der Waals surface area (Å²) in [6.45, 7) is 7.62. The summed E-state index contributed by atoms with van der Waals surface area (Å²) in [6, 6.07) is 0.00253. The van der Waals surface area contributed by atoms with Crippen LogP contribution in [0.3, 0.4) is 0 Å². The summed E-state index contributed by atoms with van der Waals surface area (Å²) in [5, 5.41) is 0. The standard InChI is InChI=1S/C12H20N2O3S/c1-7-9(6-13)11(8(2)17-7)18(15,16)14-10-5-12(10,3)4/h10,14H,5-6,13H2,1-4H3. The van der Waals surface area contributed by atoms with Crippen LogP contribution in [0.5, 0.6) is 0 Å². The zero-order valence-electron chi connectivity index (χ0n) is 11.2. The molecule has 102 valence electrons. The average molecular weight is 272 g/mol. The second-order valence-corrected chi connectivity index (χ2v) is 7.24. The van der Waals surface area contributed by atoms with Crippen molar-refractivity contribution in [1.29, 1.82) is 0 Å². The molecule has 5 nitrogen and oxygen atoms in total. The highest BCUT2D eigenvalue weighted by atomic mass is 32.2. The largest absolute Gasteiger partial charge is 0.465 e. The fourth-order valence-electron chi connectivity index (χ4n) is 2.21. The lowest BCUT2D eigenvalue weighted by Crippen LogP contribution is -2.29. The summed E-state index contributed by atoms with van der Waals surface area (Å²) in [7, 11) is -3.54. The molecular formula is C12H20N2O3S. The topological polar surface area (TPSA) is 85.3 Å². The van der Waals surface area contributed by atoms with Crippen LogP contribution in [0.15, 0.2) is 9.31 Å². The molecule has 0 spiro atoms. The van der Waals surface area contributed by atoms with Crippen molar-refractivity contribution in [1.82, 2.24) is 4.72 Å². The van der Waals surface area contributed by atoms with Gasteiger partial charge in [-0.15, -0.1) is 0 Å². The summed E-state index contributed by atoms with van der Waals surface area (Å²) in [5.41, 5.74) is 6.22. The van der Waals surface area contributed by atoms with Crippen LogP contribution >= 0.6 is 0 Å². The Morgan fingerprint density at radius 2 is 1.94 bits per heavy atom. The first-order valence-electron chi connectivity index (χ1n) is 6.00. The molecule has 0 aromatic carbocycles. The molecule has 1 aliphatic rings. The predicted molar refractivity (Wildman–Crippen MR) is 68.6 cm³/mol. The molecule has 1 unspecified atom stereocenters. The number of rotatable bonds is 4. The zero-order chi connectivity index (χ0) is 13.7. The molecular weight excluding hydrogens is 252 g/mol. The van der Waals surface area contributed by atoms with Crippen LogP contribution in [-0.2, 0) is 16.6 Å². The Kier molecular flexibility index (Phi) is 3.08. The van der Waals surface area contributed by atoms with Crippen molar-refractivity contribution >= 4 is 10.0 Å². The first kappa shape index (κ1) is 13.6. The van der Waals surface area contributed by atoms with Gasteiger partial charge in [-0.05, 0) is 25.7 Å². The van der Waals surface area contributed by atoms with Crippen LogP contribution in [0.4, 0.5) is 0 Å². The van der Waals surface area contributed by atoms with Crippen LogP contribution in [0.25, 0.3) is 0 Å². The summed E-state index contributed by atoms with van der Waals surface area (Å²) in [4.78, 5) is 0.213. The average Bonchev–Trinajstić information content (AvgIpc) is 2.67. The van der Waals surface area contributed by atoms with E-state index >= 15 is 0 Å². The molecule has 3 N–H and O–H groups in total. The van der Waals surface area contributed by atoms with Gasteiger partial charge in [-0.3, -0.25) is 0 Å². The lowest BCUT2D eigenvalue weighted by atomic mass is 10.2. The first-order valence-corrected chi connectivity index (χ1v) is 7.48. The molecule has 0 bridgehead atoms. The number of furan rings is 1. The fraction of sp³-hybridized carbons (Fsp3) is 0.667. The molecule has 0 radical (unpaired) electrons. The molecule has 1 fully saturated rings. The van der Waals surface area contributed by atoms with Crippen LogP contribution < -0.4 is 10.5 Å². The zero-order valence-corrected chi connectivity index (χ0v) is 12.0. The molecule has 0 saturated heterocycles. The van der Waals surface area contributed by atoms with Gasteiger partial charge in [0.1, 0.15) is 16.4 Å². The Balaban J connectivity index is 2.36. The summed E-state index contributed by atoms with van der Waals surface area (Å²) in [5.74, 6) is 0.976. The van der Waals surface area contributed by atoms with E-state index in [4.69, 9.17) is 10.2 Å². The van der Waals surface area contributed by atoms with Crippen molar-refractivity contribution in [2.75, 3.05) is 0 Å². The van der Waals surface area contributed by atoms with Gasteiger partial charge in [-0.1, -0.05) is 13.8 Å². The number of hydrogen-bond acceptors (Lipinski definition) is 4. The van der Waals surface area contributed by atoms with Gasteiger partial charge in [0, 0.05) is 18.2 Å². The third-order valence-corrected chi connectivity index (χ3v) is 5.27. The summed E-state index contributed by atoms with van der Waals surface area (Å²) >= 11 is 0. The van der Waals surface area contributed by atoms with E-state index < -0.39 is 10.0 Å². The van der Waals surface area contributed by atoms with Crippen LogP contribution in [-0.4, -0.2) is 14.5 Å². The Morgan fingerprint density at radius 3 is 2.39 bits per heavy atom. The van der Waals surface area contributed by atoms with Crippen LogP contribution in [0.2, 0.25) is 0 Å². The van der Waals surface area contributed by atoms with Gasteiger partial charge >= 0.3 is 0 Å². The van der Waals surface area contributed by atoms with Gasteiger partial charge in [-0.2, -0.15) is 0 Å². The predicted octanol–water partition coefficient (Wildman–Crippen LogP) is 1.43. The van der Waals surface area contributed by atoms with Gasteiger partial charge < -0.3 is 10.2 Å². The van der Waals surface area contributed by atoms with E-state index in [2.05, 4.69) is 4.72 Å². The monoisotopic (exact) mass is 272 g/mol. The van der Waals surface area contributed by atoms with Crippen LogP contribution in [0.1, 0.15) is 37.4 Å². The number of nitrogens with one attached hydrogen (secondary N) is 1. The molecule has 1 heterocycles. The number of sulfonamides is 1. The lowest BCUT2D eigenvalue weighted by molar-refractivity contribution is 0.493. The fourth-order valence-corrected chi connectivity index (χ4v) is 4.08. The normalized spacial score (nSPS) is 22.2. The van der Waals surface area contributed by atoms with E-state index in [1.165, 1.54) is 0 Å². The molecule has 0 amide bonds. The number of nitrogens with two attached hydrogens (primary N) is 1.